The van der Waals surface area contributed by atoms with Crippen LogP contribution in [0.1, 0.15) is 138 Å². The molecule has 0 spiro atoms. The highest BCUT2D eigenvalue weighted by Crippen LogP contribution is 2.43. The van der Waals surface area contributed by atoms with E-state index in [0.717, 1.165) is 11.1 Å². The number of benzene rings is 1. The minimum atomic E-state index is -1.63. The van der Waals surface area contributed by atoms with Crippen LogP contribution in [0.2, 0.25) is 0 Å². The van der Waals surface area contributed by atoms with E-state index in [9.17, 15) is 29.1 Å². The number of nitrogens with zero attached hydrogens (tertiary/aromatic N) is 3. The predicted octanol–water partition coefficient (Wildman–Crippen LogP) is 6.84. The first kappa shape index (κ1) is 65.9. The molecule has 0 bridgehead atoms. The van der Waals surface area contributed by atoms with E-state index in [0.29, 0.717) is 44.3 Å². The summed E-state index contributed by atoms with van der Waals surface area (Å²) in [6.07, 6.45) is -5.20. The fourth-order valence-electron chi connectivity index (χ4n) is 12.9. The zero-order valence-corrected chi connectivity index (χ0v) is 51.2. The third-order valence-corrected chi connectivity index (χ3v) is 17.2. The number of carbonyl (C=O) groups is 4. The minimum absolute atomic E-state index is 0.0129. The lowest BCUT2D eigenvalue weighted by atomic mass is 9.77. The second kappa shape index (κ2) is 28.1. The summed E-state index contributed by atoms with van der Waals surface area (Å²) in [7, 11) is 7.31. The second-order valence-corrected chi connectivity index (χ2v) is 23.9. The van der Waals surface area contributed by atoms with Gasteiger partial charge in [0.05, 0.1) is 72.9 Å². The van der Waals surface area contributed by atoms with Crippen molar-refractivity contribution in [3.8, 4) is 0 Å². The molecule has 4 saturated heterocycles. The van der Waals surface area contributed by atoms with Gasteiger partial charge in [-0.05, 0) is 139 Å². The molecule has 21 heteroatoms. The predicted molar refractivity (Wildman–Crippen MR) is 300 cm³/mol. The lowest BCUT2D eigenvalue weighted by Crippen LogP contribution is -2.61. The highest BCUT2D eigenvalue weighted by Gasteiger charge is 2.58. The number of methoxy groups -OCH3 is 1. The number of hydrogen-bond acceptors (Lipinski definition) is 20. The van der Waals surface area contributed by atoms with Gasteiger partial charge in [0.15, 0.2) is 30.4 Å². The molecule has 81 heavy (non-hydrogen) atoms. The van der Waals surface area contributed by atoms with E-state index in [1.807, 2.05) is 109 Å². The normalized spacial score (nSPS) is 36.5. The molecule has 18 atom stereocenters. The van der Waals surface area contributed by atoms with Crippen molar-refractivity contribution in [1.29, 1.82) is 0 Å². The highest BCUT2D eigenvalue weighted by atomic mass is 16.8. The Morgan fingerprint density at radius 1 is 0.901 bits per heavy atom. The molecule has 2 aromatic rings. The van der Waals surface area contributed by atoms with Crippen molar-refractivity contribution in [1.82, 2.24) is 14.4 Å². The molecule has 0 radical (unpaired) electrons. The maximum atomic E-state index is 14.9. The summed E-state index contributed by atoms with van der Waals surface area (Å²) in [5.41, 5.74) is -2.62. The van der Waals surface area contributed by atoms with Crippen LogP contribution in [0.5, 0.6) is 0 Å². The van der Waals surface area contributed by atoms with E-state index in [1.165, 1.54) is 6.92 Å². The summed E-state index contributed by atoms with van der Waals surface area (Å²) >= 11 is 0. The number of ether oxygens (including phenoxy) is 12. The van der Waals surface area contributed by atoms with Crippen LogP contribution >= 0.6 is 0 Å². The van der Waals surface area contributed by atoms with Gasteiger partial charge in [0.1, 0.15) is 17.8 Å². The first-order valence-electron chi connectivity index (χ1n) is 29.2. The first-order valence-corrected chi connectivity index (χ1v) is 29.2. The standard InChI is InChI=1S/C60H95N3O18/c1-18-46-60(13)52(80-57(68)81-60)38(8)62(16)32-34(4)30-58(11,69)51(79-56-50(76-40(10)64)45(61(14)15)28-35(5)74-56)36(6)49(37(7)54(66)77-46)78-47-31-59(12,70-17)53(39(9)75-47)73-27-26-71-25-21-22-41-23-24-44-42(29-41)48(65)43(33-63(44)19-2)55(67)72-20-3/h23-24,29,33-39,45-47,49-53,56,69H,18-22,25-28,30-32H2,1-17H3/t34-,35-,36+,37-,38-,39+,45+,46-,47+,49+,50-,51-,52?,53+,56+,58-,59-,60-/m1/s1. The number of rotatable bonds is 19. The Morgan fingerprint density at radius 3 is 2.26 bits per heavy atom. The van der Waals surface area contributed by atoms with E-state index in [2.05, 4.69) is 0 Å². The molecule has 0 saturated carbocycles. The van der Waals surface area contributed by atoms with Gasteiger partial charge >= 0.3 is 24.1 Å². The van der Waals surface area contributed by atoms with Crippen molar-refractivity contribution in [2.75, 3.05) is 61.2 Å². The summed E-state index contributed by atoms with van der Waals surface area (Å²) in [5, 5.41) is 13.5. The first-order chi connectivity index (χ1) is 38.1. The fourth-order valence-corrected chi connectivity index (χ4v) is 12.9. The van der Waals surface area contributed by atoms with Crippen LogP contribution in [-0.2, 0) is 79.4 Å². The van der Waals surface area contributed by atoms with Crippen LogP contribution in [-0.4, -0.2) is 195 Å². The van der Waals surface area contributed by atoms with Crippen molar-refractivity contribution in [2.24, 2.45) is 17.8 Å². The van der Waals surface area contributed by atoms with Gasteiger partial charge < -0.3 is 71.4 Å². The second-order valence-electron chi connectivity index (χ2n) is 23.9. The Labute approximate surface area is 479 Å². The molecule has 1 aromatic carbocycles. The molecular formula is C60H95N3O18. The monoisotopic (exact) mass is 1150 g/mol. The van der Waals surface area contributed by atoms with Crippen molar-refractivity contribution in [3.63, 3.8) is 0 Å². The van der Waals surface area contributed by atoms with Gasteiger partial charge in [0.2, 0.25) is 5.43 Å². The Hall–Kier alpha value is -4.29. The molecule has 6 rings (SSSR count). The number of aromatic nitrogens is 1. The Morgan fingerprint density at radius 2 is 1.62 bits per heavy atom. The molecule has 4 aliphatic rings. The average Bonchev–Trinajstić information content (AvgIpc) is 3.90. The number of aliphatic hydroxyl groups is 1. The van der Waals surface area contributed by atoms with Crippen molar-refractivity contribution < 1.29 is 81.1 Å². The lowest BCUT2D eigenvalue weighted by molar-refractivity contribution is -0.321. The van der Waals surface area contributed by atoms with Gasteiger partial charge in [-0.3, -0.25) is 19.3 Å². The van der Waals surface area contributed by atoms with E-state index >= 15 is 0 Å². The number of fused-ring (bicyclic) bond motifs is 2. The van der Waals surface area contributed by atoms with Gasteiger partial charge in [0.25, 0.3) is 0 Å². The van der Waals surface area contributed by atoms with Crippen molar-refractivity contribution >= 4 is 35.0 Å². The largest absolute Gasteiger partial charge is 0.509 e. The van der Waals surface area contributed by atoms with Crippen LogP contribution in [0, 0.1) is 17.8 Å². The number of cyclic esters (lactones) is 1. The SMILES string of the molecule is CCOC(=O)c1cn(CC)c2ccc(CCCOCCO[C@H]3[C@H](C)O[C@@H](O[C@H]4[C@H](C)[C@@H](O[C@@H]5O[C@H](C)C[C@H](N(C)C)[C@H]5OC(C)=O)[C@](C)(O)C[C@@H](C)CN(C)[C@H](C)C5OC(=O)O[C@]5(C)[C@@H](CC)OC(=O)[C@@H]4C)C[C@@]3(C)OC)cc2c1=O. The van der Waals surface area contributed by atoms with Gasteiger partial charge in [0, 0.05) is 63.7 Å². The quantitative estimate of drug-likeness (QED) is 0.0863. The number of esters is 3. The van der Waals surface area contributed by atoms with E-state index in [1.54, 1.807) is 41.0 Å². The molecule has 1 N–H and O–H groups in total. The molecular weight excluding hydrogens is 1050 g/mol. The minimum Gasteiger partial charge on any atom is -0.462 e. The summed E-state index contributed by atoms with van der Waals surface area (Å²) < 4.78 is 77.3. The number of hydrogen-bond donors (Lipinski definition) is 1. The molecule has 21 nitrogen and oxygen atoms in total. The number of aryl methyl sites for hydroxylation is 2. The van der Waals surface area contributed by atoms with E-state index in [4.69, 9.17) is 56.8 Å². The average molecular weight is 1150 g/mol. The molecule has 0 aliphatic carbocycles. The van der Waals surface area contributed by atoms with Gasteiger partial charge in [-0.25, -0.2) is 9.59 Å². The third kappa shape index (κ3) is 15.3. The van der Waals surface area contributed by atoms with E-state index < -0.39 is 114 Å². The smallest absolute Gasteiger partial charge is 0.462 e. The lowest BCUT2D eigenvalue weighted by Gasteiger charge is -2.49. The maximum Gasteiger partial charge on any atom is 0.509 e. The van der Waals surface area contributed by atoms with Gasteiger partial charge in [-0.2, -0.15) is 0 Å². The fraction of sp³-hybridized carbons (Fsp3) is 0.783. The van der Waals surface area contributed by atoms with Crippen LogP contribution in [0.3, 0.4) is 0 Å². The molecule has 1 aromatic heterocycles. The zero-order chi connectivity index (χ0) is 59.9. The van der Waals surface area contributed by atoms with Crippen LogP contribution in [0.25, 0.3) is 10.9 Å². The Bertz CT molecular complexity index is 2510. The van der Waals surface area contributed by atoms with E-state index in [-0.39, 0.29) is 68.1 Å². The van der Waals surface area contributed by atoms with Gasteiger partial charge in [-0.15, -0.1) is 0 Å². The van der Waals surface area contributed by atoms with Crippen LogP contribution in [0.15, 0.2) is 29.2 Å². The number of pyridine rings is 1. The van der Waals surface area contributed by atoms with Crippen molar-refractivity contribution in [2.45, 2.75) is 225 Å². The summed E-state index contributed by atoms with van der Waals surface area (Å²) in [5.74, 6) is -3.85. The molecule has 1 unspecified atom stereocenters. The summed E-state index contributed by atoms with van der Waals surface area (Å²) in [6.45, 7) is 25.6. The van der Waals surface area contributed by atoms with Crippen LogP contribution < -0.4 is 5.43 Å². The molecule has 458 valence electrons. The molecule has 4 fully saturated rings. The number of carbonyl (C=O) groups excluding carboxylic acids is 4. The number of likely N-dealkylation sites (N-methyl/N-ethyl adjacent to an activating group) is 2. The third-order valence-electron chi connectivity index (χ3n) is 17.2. The summed E-state index contributed by atoms with van der Waals surface area (Å²) in [4.78, 5) is 70.7. The maximum absolute atomic E-state index is 14.9. The topological polar surface area (TPSA) is 228 Å². The van der Waals surface area contributed by atoms with Gasteiger partial charge in [-0.1, -0.05) is 26.8 Å². The molecule has 0 amide bonds. The van der Waals surface area contributed by atoms with Crippen LogP contribution in [0.4, 0.5) is 4.79 Å². The highest BCUT2D eigenvalue weighted by molar-refractivity contribution is 5.94. The molecule has 4 aliphatic heterocycles. The zero-order valence-electron chi connectivity index (χ0n) is 51.2. The Kier molecular flexibility index (Phi) is 22.8. The molecule has 5 heterocycles. The summed E-state index contributed by atoms with van der Waals surface area (Å²) in [6, 6.07) is 5.04. The Balaban J connectivity index is 1.23. The van der Waals surface area contributed by atoms with Crippen molar-refractivity contribution in [3.05, 3.63) is 45.7 Å².